The van der Waals surface area contributed by atoms with Crippen LogP contribution in [0, 0.1) is 11.7 Å². The summed E-state index contributed by atoms with van der Waals surface area (Å²) in [6, 6.07) is 11.4. The highest BCUT2D eigenvalue weighted by Crippen LogP contribution is 2.30. The van der Waals surface area contributed by atoms with Gasteiger partial charge < -0.3 is 14.2 Å². The normalized spacial score (nSPS) is 18.2. The van der Waals surface area contributed by atoms with Gasteiger partial charge in [-0.1, -0.05) is 38.8 Å². The molecule has 202 valence electrons. The van der Waals surface area contributed by atoms with E-state index in [0.29, 0.717) is 24.7 Å². The van der Waals surface area contributed by atoms with Crippen molar-refractivity contribution in [1.29, 1.82) is 0 Å². The van der Waals surface area contributed by atoms with Gasteiger partial charge in [-0.25, -0.2) is 18.4 Å². The Bertz CT molecular complexity index is 1000. The van der Waals surface area contributed by atoms with Crippen molar-refractivity contribution in [3.63, 3.8) is 0 Å². The van der Waals surface area contributed by atoms with Crippen LogP contribution in [0.25, 0.3) is 0 Å². The average molecular weight is 517 g/mol. The molecule has 7 heteroatoms. The third-order valence-corrected chi connectivity index (χ3v) is 6.75. The molecule has 1 fully saturated rings. The molecular formula is C30H38F2O5. The highest BCUT2D eigenvalue weighted by Gasteiger charge is 2.27. The number of unbranched alkanes of at least 4 members (excludes halogenated alkanes) is 1. The summed E-state index contributed by atoms with van der Waals surface area (Å²) in [6.07, 6.45) is 6.23. The molecule has 1 aliphatic carbocycles. The molecule has 1 atom stereocenters. The smallest absolute Gasteiger partial charge is 0.343 e. The second kappa shape index (κ2) is 14.7. The molecule has 37 heavy (non-hydrogen) atoms. The zero-order valence-corrected chi connectivity index (χ0v) is 21.8. The Hall–Kier alpha value is -2.96. The number of carbonyl (C=O) groups is 2. The maximum Gasteiger partial charge on any atom is 0.343 e. The van der Waals surface area contributed by atoms with Gasteiger partial charge in [-0.05, 0) is 93.2 Å². The van der Waals surface area contributed by atoms with Crippen LogP contribution in [-0.2, 0) is 16.0 Å². The Labute approximate surface area is 218 Å². The topological polar surface area (TPSA) is 61.8 Å². The van der Waals surface area contributed by atoms with Gasteiger partial charge in [0.05, 0.1) is 12.2 Å². The lowest BCUT2D eigenvalue weighted by atomic mass is 9.83. The lowest BCUT2D eigenvalue weighted by molar-refractivity contribution is -0.157. The first-order valence-electron chi connectivity index (χ1n) is 13.5. The maximum atomic E-state index is 14.1. The van der Waals surface area contributed by atoms with E-state index in [1.165, 1.54) is 12.1 Å². The quantitative estimate of drug-likeness (QED) is 0.205. The average Bonchev–Trinajstić information content (AvgIpc) is 2.91. The number of hydrogen-bond acceptors (Lipinski definition) is 5. The van der Waals surface area contributed by atoms with Gasteiger partial charge in [0.2, 0.25) is 0 Å². The molecule has 3 rings (SSSR count). The van der Waals surface area contributed by atoms with E-state index in [9.17, 15) is 18.4 Å². The Morgan fingerprint density at radius 1 is 1.00 bits per heavy atom. The number of esters is 2. The molecular weight excluding hydrogens is 478 g/mol. The van der Waals surface area contributed by atoms with E-state index in [4.69, 9.17) is 14.2 Å². The molecule has 2 aromatic carbocycles. The molecule has 0 unspecified atom stereocenters. The lowest BCUT2D eigenvalue weighted by Crippen LogP contribution is -2.29. The van der Waals surface area contributed by atoms with Gasteiger partial charge in [0.1, 0.15) is 11.9 Å². The van der Waals surface area contributed by atoms with Crippen molar-refractivity contribution in [2.75, 3.05) is 6.61 Å². The van der Waals surface area contributed by atoms with Crippen molar-refractivity contribution < 1.29 is 32.6 Å². The minimum Gasteiger partial charge on any atom is -0.491 e. The second-order valence-corrected chi connectivity index (χ2v) is 9.76. The summed E-state index contributed by atoms with van der Waals surface area (Å²) in [5.41, 5.74) is 1.25. The molecule has 0 heterocycles. The van der Waals surface area contributed by atoms with Gasteiger partial charge >= 0.3 is 11.9 Å². The van der Waals surface area contributed by atoms with Crippen molar-refractivity contribution >= 4 is 11.9 Å². The molecule has 0 saturated heterocycles. The summed E-state index contributed by atoms with van der Waals surface area (Å²) < 4.78 is 44.1. The van der Waals surface area contributed by atoms with Crippen molar-refractivity contribution in [2.45, 2.75) is 90.3 Å². The van der Waals surface area contributed by atoms with E-state index in [1.807, 2.05) is 26.0 Å². The molecule has 0 amide bonds. The largest absolute Gasteiger partial charge is 0.491 e. The first kappa shape index (κ1) is 28.6. The summed E-state index contributed by atoms with van der Waals surface area (Å²) in [6.45, 7) is 4.31. The van der Waals surface area contributed by atoms with E-state index >= 15 is 0 Å². The number of alkyl halides is 1. The van der Waals surface area contributed by atoms with Crippen molar-refractivity contribution in [1.82, 2.24) is 0 Å². The van der Waals surface area contributed by atoms with Gasteiger partial charge in [0.15, 0.2) is 17.7 Å². The summed E-state index contributed by atoms with van der Waals surface area (Å²) >= 11 is 0. The van der Waals surface area contributed by atoms with Crippen LogP contribution in [-0.4, -0.2) is 30.8 Å². The number of aryl methyl sites for hydroxylation is 1. The lowest BCUT2D eigenvalue weighted by Gasteiger charge is -2.28. The number of halogens is 2. The summed E-state index contributed by atoms with van der Waals surface area (Å²) in [5.74, 6) is -0.880. The third-order valence-electron chi connectivity index (χ3n) is 6.75. The molecule has 0 N–H and O–H groups in total. The molecule has 0 aliphatic heterocycles. The van der Waals surface area contributed by atoms with E-state index in [1.54, 1.807) is 12.1 Å². The SMILES string of the molecule is CCCC[C@H](F)C(=O)OC1CCC(CCc2ccc(OC(=O)c3ccc(OCCC)c(F)c3)cc2)CC1. The molecule has 1 saturated carbocycles. The molecule has 5 nitrogen and oxygen atoms in total. The first-order valence-corrected chi connectivity index (χ1v) is 13.5. The number of hydrogen-bond donors (Lipinski definition) is 0. The zero-order valence-electron chi connectivity index (χ0n) is 21.8. The van der Waals surface area contributed by atoms with Crippen LogP contribution < -0.4 is 9.47 Å². The van der Waals surface area contributed by atoms with Gasteiger partial charge in [-0.3, -0.25) is 0 Å². The van der Waals surface area contributed by atoms with E-state index in [2.05, 4.69) is 0 Å². The standard InChI is InChI=1S/C30H38F2O5/c1-3-5-6-26(31)30(34)37-25-16-11-22(12-17-25)8-7-21-9-14-24(15-10-21)36-29(33)23-13-18-28(27(32)20-23)35-19-4-2/h9-10,13-15,18,20,22,25-26H,3-8,11-12,16-17,19H2,1-2H3/t22?,25?,26-/m0/s1. The van der Waals surface area contributed by atoms with Crippen LogP contribution >= 0.6 is 0 Å². The van der Waals surface area contributed by atoms with E-state index in [-0.39, 0.29) is 23.8 Å². The van der Waals surface area contributed by atoms with Crippen molar-refractivity contribution in [3.8, 4) is 11.5 Å². The zero-order chi connectivity index (χ0) is 26.6. The Morgan fingerprint density at radius 3 is 2.38 bits per heavy atom. The Balaban J connectivity index is 1.39. The fourth-order valence-electron chi connectivity index (χ4n) is 4.50. The third kappa shape index (κ3) is 9.13. The van der Waals surface area contributed by atoms with Crippen LogP contribution in [0.5, 0.6) is 11.5 Å². The number of benzene rings is 2. The minimum atomic E-state index is -1.51. The first-order chi connectivity index (χ1) is 17.9. The summed E-state index contributed by atoms with van der Waals surface area (Å²) in [4.78, 5) is 24.3. The van der Waals surface area contributed by atoms with E-state index < -0.39 is 23.9 Å². The maximum absolute atomic E-state index is 14.1. The van der Waals surface area contributed by atoms with Crippen LogP contribution in [0.15, 0.2) is 42.5 Å². The minimum absolute atomic E-state index is 0.119. The molecule has 0 bridgehead atoms. The number of carbonyl (C=O) groups excluding carboxylic acids is 2. The number of ether oxygens (including phenoxy) is 3. The number of rotatable bonds is 13. The highest BCUT2D eigenvalue weighted by atomic mass is 19.1. The van der Waals surface area contributed by atoms with Crippen LogP contribution in [0.3, 0.4) is 0 Å². The van der Waals surface area contributed by atoms with E-state index in [0.717, 1.165) is 63.0 Å². The Kier molecular flexibility index (Phi) is 11.4. The molecule has 0 spiro atoms. The fourth-order valence-corrected chi connectivity index (χ4v) is 4.50. The van der Waals surface area contributed by atoms with Crippen molar-refractivity contribution in [3.05, 3.63) is 59.4 Å². The highest BCUT2D eigenvalue weighted by molar-refractivity contribution is 5.91. The van der Waals surface area contributed by atoms with Gasteiger partial charge in [0.25, 0.3) is 0 Å². The van der Waals surface area contributed by atoms with Gasteiger partial charge in [0, 0.05) is 0 Å². The second-order valence-electron chi connectivity index (χ2n) is 9.76. The van der Waals surface area contributed by atoms with Gasteiger partial charge in [-0.15, -0.1) is 0 Å². The van der Waals surface area contributed by atoms with Gasteiger partial charge in [-0.2, -0.15) is 0 Å². The predicted octanol–water partition coefficient (Wildman–Crippen LogP) is 7.40. The molecule has 1 aliphatic rings. The summed E-state index contributed by atoms with van der Waals surface area (Å²) in [5, 5.41) is 0. The molecule has 0 aromatic heterocycles. The van der Waals surface area contributed by atoms with Crippen LogP contribution in [0.1, 0.15) is 87.6 Å². The van der Waals surface area contributed by atoms with Crippen LogP contribution in [0.4, 0.5) is 8.78 Å². The summed E-state index contributed by atoms with van der Waals surface area (Å²) in [7, 11) is 0. The van der Waals surface area contributed by atoms with Crippen LogP contribution in [0.2, 0.25) is 0 Å². The molecule has 2 aromatic rings. The fraction of sp³-hybridized carbons (Fsp3) is 0.533. The van der Waals surface area contributed by atoms with Crippen molar-refractivity contribution in [2.24, 2.45) is 5.92 Å². The predicted molar refractivity (Wildman–Crippen MR) is 138 cm³/mol. The molecule has 0 radical (unpaired) electrons. The monoisotopic (exact) mass is 516 g/mol. The Morgan fingerprint density at radius 2 is 1.73 bits per heavy atom.